The van der Waals surface area contributed by atoms with E-state index in [-0.39, 0.29) is 12.5 Å². The van der Waals surface area contributed by atoms with Gasteiger partial charge in [-0.1, -0.05) is 23.8 Å². The van der Waals surface area contributed by atoms with Gasteiger partial charge in [-0.3, -0.25) is 9.20 Å². The first-order valence-corrected chi connectivity index (χ1v) is 9.70. The molecule has 2 aromatic heterocycles. The van der Waals surface area contributed by atoms with Gasteiger partial charge in [0.1, 0.15) is 23.1 Å². The van der Waals surface area contributed by atoms with Gasteiger partial charge >= 0.3 is 0 Å². The van der Waals surface area contributed by atoms with Gasteiger partial charge in [0.05, 0.1) is 0 Å². The van der Waals surface area contributed by atoms with Crippen LogP contribution in [0.1, 0.15) is 11.4 Å². The number of hydrogen-bond acceptors (Lipinski definition) is 5. The molecule has 4 aromatic rings. The highest BCUT2D eigenvalue weighted by Gasteiger charge is 2.07. The molecule has 2 aromatic carbocycles. The van der Waals surface area contributed by atoms with Gasteiger partial charge in [-0.2, -0.15) is 0 Å². The summed E-state index contributed by atoms with van der Waals surface area (Å²) in [4.78, 5) is 12.0. The Balaban J connectivity index is 1.21. The molecule has 0 aliphatic heterocycles. The number of nitrogens with one attached hydrogen (secondary N) is 1. The summed E-state index contributed by atoms with van der Waals surface area (Å²) in [6.07, 6.45) is 2.49. The molecule has 7 heteroatoms. The van der Waals surface area contributed by atoms with E-state index in [4.69, 9.17) is 9.47 Å². The minimum Gasteiger partial charge on any atom is -0.484 e. The predicted molar refractivity (Wildman–Crippen MR) is 113 cm³/mol. The van der Waals surface area contributed by atoms with Crippen molar-refractivity contribution in [2.75, 3.05) is 13.2 Å². The first-order chi connectivity index (χ1) is 14.7. The molecule has 0 spiro atoms. The van der Waals surface area contributed by atoms with Crippen LogP contribution in [0.15, 0.2) is 72.9 Å². The fourth-order valence-electron chi connectivity index (χ4n) is 2.92. The van der Waals surface area contributed by atoms with E-state index in [2.05, 4.69) is 15.5 Å². The molecule has 0 unspecified atom stereocenters. The van der Waals surface area contributed by atoms with Gasteiger partial charge in [-0.05, 0) is 55.5 Å². The SMILES string of the molecule is Cc1ccc(Oc2ccc(OCC(=O)NCCc3nnc4ccccn34)cc2)cc1. The Labute approximate surface area is 174 Å². The van der Waals surface area contributed by atoms with Crippen molar-refractivity contribution in [1.82, 2.24) is 19.9 Å². The number of nitrogens with zero attached hydrogens (tertiary/aromatic N) is 3. The molecule has 0 saturated heterocycles. The Hall–Kier alpha value is -3.87. The molecule has 4 rings (SSSR count). The van der Waals surface area contributed by atoms with Crippen LogP contribution in [0, 0.1) is 6.92 Å². The maximum Gasteiger partial charge on any atom is 0.257 e. The van der Waals surface area contributed by atoms with Crippen LogP contribution in [-0.2, 0) is 11.2 Å². The van der Waals surface area contributed by atoms with Gasteiger partial charge in [0.15, 0.2) is 12.3 Å². The Morgan fingerprint density at radius 1 is 0.933 bits per heavy atom. The van der Waals surface area contributed by atoms with Crippen LogP contribution in [0.3, 0.4) is 0 Å². The Bertz CT molecular complexity index is 1120. The number of pyridine rings is 1. The van der Waals surface area contributed by atoms with Gasteiger partial charge < -0.3 is 14.8 Å². The number of fused-ring (bicyclic) bond motifs is 1. The molecule has 152 valence electrons. The molecular weight excluding hydrogens is 380 g/mol. The lowest BCUT2D eigenvalue weighted by Gasteiger charge is -2.09. The van der Waals surface area contributed by atoms with Gasteiger partial charge in [0.2, 0.25) is 0 Å². The predicted octanol–water partition coefficient (Wildman–Crippen LogP) is 3.57. The molecule has 7 nitrogen and oxygen atoms in total. The largest absolute Gasteiger partial charge is 0.484 e. The Kier molecular flexibility index (Phi) is 5.89. The van der Waals surface area contributed by atoms with Crippen molar-refractivity contribution in [3.8, 4) is 17.2 Å². The molecule has 0 radical (unpaired) electrons. The molecule has 0 saturated carbocycles. The zero-order valence-corrected chi connectivity index (χ0v) is 16.6. The molecule has 30 heavy (non-hydrogen) atoms. The normalized spacial score (nSPS) is 10.7. The fraction of sp³-hybridized carbons (Fsp3) is 0.174. The van der Waals surface area contributed by atoms with Crippen LogP contribution in [0.25, 0.3) is 5.65 Å². The van der Waals surface area contributed by atoms with Gasteiger partial charge in [-0.15, -0.1) is 10.2 Å². The maximum atomic E-state index is 12.0. The van der Waals surface area contributed by atoms with Crippen molar-refractivity contribution in [3.05, 3.63) is 84.3 Å². The molecular formula is C23H22N4O3. The topological polar surface area (TPSA) is 77.8 Å². The minimum absolute atomic E-state index is 0.0568. The summed E-state index contributed by atoms with van der Waals surface area (Å²) in [7, 11) is 0. The summed E-state index contributed by atoms with van der Waals surface area (Å²) in [5.41, 5.74) is 1.97. The van der Waals surface area contributed by atoms with E-state index >= 15 is 0 Å². The first kappa shape index (κ1) is 19.4. The average molecular weight is 402 g/mol. The van der Waals surface area contributed by atoms with Crippen molar-refractivity contribution in [1.29, 1.82) is 0 Å². The van der Waals surface area contributed by atoms with E-state index in [1.807, 2.05) is 72.1 Å². The molecule has 0 aliphatic rings. The fourth-order valence-corrected chi connectivity index (χ4v) is 2.92. The zero-order valence-electron chi connectivity index (χ0n) is 16.6. The number of ether oxygens (including phenoxy) is 2. The van der Waals surface area contributed by atoms with E-state index in [9.17, 15) is 4.79 Å². The quantitative estimate of drug-likeness (QED) is 0.488. The van der Waals surface area contributed by atoms with Crippen molar-refractivity contribution in [2.45, 2.75) is 13.3 Å². The molecule has 1 N–H and O–H groups in total. The second-order valence-corrected chi connectivity index (χ2v) is 6.82. The van der Waals surface area contributed by atoms with E-state index < -0.39 is 0 Å². The van der Waals surface area contributed by atoms with Crippen LogP contribution in [0.2, 0.25) is 0 Å². The summed E-state index contributed by atoms with van der Waals surface area (Å²) in [6.45, 7) is 2.43. The highest BCUT2D eigenvalue weighted by atomic mass is 16.5. The molecule has 1 amide bonds. The van der Waals surface area contributed by atoms with Crippen molar-refractivity contribution in [2.24, 2.45) is 0 Å². The molecule has 0 atom stereocenters. The lowest BCUT2D eigenvalue weighted by molar-refractivity contribution is -0.123. The number of rotatable bonds is 8. The number of carbonyl (C=O) groups is 1. The third-order valence-corrected chi connectivity index (χ3v) is 4.51. The second-order valence-electron chi connectivity index (χ2n) is 6.82. The van der Waals surface area contributed by atoms with Crippen LogP contribution in [0.5, 0.6) is 17.2 Å². The van der Waals surface area contributed by atoms with Crippen LogP contribution in [0.4, 0.5) is 0 Å². The van der Waals surface area contributed by atoms with Gasteiger partial charge in [0, 0.05) is 19.2 Å². The summed E-state index contributed by atoms with van der Waals surface area (Å²) in [5.74, 6) is 2.69. The molecule has 0 bridgehead atoms. The number of aryl methyl sites for hydroxylation is 1. The number of benzene rings is 2. The third-order valence-electron chi connectivity index (χ3n) is 4.51. The Morgan fingerprint density at radius 3 is 2.40 bits per heavy atom. The first-order valence-electron chi connectivity index (χ1n) is 9.70. The van der Waals surface area contributed by atoms with Crippen LogP contribution < -0.4 is 14.8 Å². The summed E-state index contributed by atoms with van der Waals surface area (Å²) < 4.78 is 13.2. The Morgan fingerprint density at radius 2 is 1.63 bits per heavy atom. The van der Waals surface area contributed by atoms with E-state index in [0.717, 1.165) is 17.2 Å². The molecule has 0 fully saturated rings. The number of hydrogen-bond donors (Lipinski definition) is 1. The molecule has 2 heterocycles. The summed E-state index contributed by atoms with van der Waals surface area (Å²) in [5, 5.41) is 11.1. The smallest absolute Gasteiger partial charge is 0.257 e. The minimum atomic E-state index is -0.191. The van der Waals surface area contributed by atoms with E-state index in [1.54, 1.807) is 12.1 Å². The second kappa shape index (κ2) is 9.09. The monoisotopic (exact) mass is 402 g/mol. The highest BCUT2D eigenvalue weighted by Crippen LogP contribution is 2.24. The number of amides is 1. The van der Waals surface area contributed by atoms with Crippen molar-refractivity contribution >= 4 is 11.6 Å². The van der Waals surface area contributed by atoms with Crippen LogP contribution in [-0.4, -0.2) is 33.7 Å². The standard InChI is InChI=1S/C23H22N4O3/c1-17-5-7-19(8-6-17)30-20-11-9-18(10-12-20)29-16-23(28)24-14-13-22-26-25-21-4-2-3-15-27(21)22/h2-12,15H,13-14,16H2,1H3,(H,24,28). The van der Waals surface area contributed by atoms with E-state index in [1.165, 1.54) is 5.56 Å². The lowest BCUT2D eigenvalue weighted by atomic mass is 10.2. The van der Waals surface area contributed by atoms with E-state index in [0.29, 0.717) is 24.5 Å². The average Bonchev–Trinajstić information content (AvgIpc) is 3.18. The van der Waals surface area contributed by atoms with Gasteiger partial charge in [-0.25, -0.2) is 0 Å². The van der Waals surface area contributed by atoms with Gasteiger partial charge in [0.25, 0.3) is 5.91 Å². The third kappa shape index (κ3) is 4.94. The number of carbonyl (C=O) groups excluding carboxylic acids is 1. The zero-order chi connectivity index (χ0) is 20.8. The lowest BCUT2D eigenvalue weighted by Crippen LogP contribution is -2.30. The molecule has 0 aliphatic carbocycles. The van der Waals surface area contributed by atoms with Crippen molar-refractivity contribution < 1.29 is 14.3 Å². The summed E-state index contributed by atoms with van der Waals surface area (Å²) >= 11 is 0. The van der Waals surface area contributed by atoms with Crippen LogP contribution >= 0.6 is 0 Å². The highest BCUT2D eigenvalue weighted by molar-refractivity contribution is 5.77. The summed E-state index contributed by atoms with van der Waals surface area (Å²) in [6, 6.07) is 20.7. The number of aromatic nitrogens is 3. The maximum absolute atomic E-state index is 12.0. The van der Waals surface area contributed by atoms with Crippen molar-refractivity contribution in [3.63, 3.8) is 0 Å².